The van der Waals surface area contributed by atoms with Gasteiger partial charge in [0.15, 0.2) is 5.16 Å². The Kier molecular flexibility index (Phi) is 6.74. The zero-order valence-corrected chi connectivity index (χ0v) is 17.2. The quantitative estimate of drug-likeness (QED) is 0.528. The summed E-state index contributed by atoms with van der Waals surface area (Å²) in [7, 11) is 0. The molecule has 1 aliphatic heterocycles. The number of fused-ring (bicyclic) bond motifs is 1. The second-order valence-electron chi connectivity index (χ2n) is 6.36. The van der Waals surface area contributed by atoms with E-state index in [2.05, 4.69) is 20.6 Å². The van der Waals surface area contributed by atoms with Crippen molar-refractivity contribution in [2.24, 2.45) is 0 Å². The van der Waals surface area contributed by atoms with Crippen molar-refractivity contribution >= 4 is 35.2 Å². The maximum atomic E-state index is 11.9. The maximum Gasteiger partial charge on any atom is 0.221 e. The summed E-state index contributed by atoms with van der Waals surface area (Å²) in [5.41, 5.74) is 2.70. The van der Waals surface area contributed by atoms with Gasteiger partial charge in [-0.25, -0.2) is 9.97 Å². The van der Waals surface area contributed by atoms with Gasteiger partial charge in [0.05, 0.1) is 17.3 Å². The van der Waals surface area contributed by atoms with Crippen LogP contribution in [0.4, 0.5) is 0 Å². The van der Waals surface area contributed by atoms with Gasteiger partial charge in [0.25, 0.3) is 0 Å². The fraction of sp³-hybridized carbons (Fsp3) is 0.368. The number of benzene rings is 1. The predicted molar refractivity (Wildman–Crippen MR) is 109 cm³/mol. The largest absolute Gasteiger partial charge is 0.486 e. The number of carbonyl (C=O) groups is 2. The van der Waals surface area contributed by atoms with E-state index < -0.39 is 0 Å². The van der Waals surface area contributed by atoms with Crippen molar-refractivity contribution in [1.82, 2.24) is 20.6 Å². The molecule has 0 fully saturated rings. The van der Waals surface area contributed by atoms with Gasteiger partial charge >= 0.3 is 0 Å². The monoisotopic (exact) mass is 420 g/mol. The van der Waals surface area contributed by atoms with E-state index in [4.69, 9.17) is 16.3 Å². The first-order chi connectivity index (χ1) is 13.5. The highest BCUT2D eigenvalue weighted by Crippen LogP contribution is 2.39. The number of nitrogens with one attached hydrogen (secondary N) is 2. The predicted octanol–water partition coefficient (Wildman–Crippen LogP) is 2.46. The van der Waals surface area contributed by atoms with Crippen molar-refractivity contribution in [3.8, 4) is 17.0 Å². The molecule has 9 heteroatoms. The summed E-state index contributed by atoms with van der Waals surface area (Å²) >= 11 is 7.90. The summed E-state index contributed by atoms with van der Waals surface area (Å²) in [6, 6.07) is 5.70. The summed E-state index contributed by atoms with van der Waals surface area (Å²) < 4.78 is 5.91. The lowest BCUT2D eigenvalue weighted by atomic mass is 10.0. The van der Waals surface area contributed by atoms with Gasteiger partial charge in [-0.2, -0.15) is 0 Å². The molecule has 0 radical (unpaired) electrons. The molecule has 148 valence electrons. The molecule has 0 saturated heterocycles. The average molecular weight is 421 g/mol. The van der Waals surface area contributed by atoms with Crippen molar-refractivity contribution in [3.63, 3.8) is 0 Å². The fourth-order valence-electron chi connectivity index (χ4n) is 2.92. The SMILES string of the molecule is CSc1nccc(-c2cc(Cl)c3c(c2)CC(CNC(=O)CCNC(C)=O)O3)n1. The lowest BCUT2D eigenvalue weighted by Crippen LogP contribution is -2.36. The van der Waals surface area contributed by atoms with Crippen LogP contribution in [-0.2, 0) is 16.0 Å². The Balaban J connectivity index is 1.62. The highest BCUT2D eigenvalue weighted by Gasteiger charge is 2.26. The van der Waals surface area contributed by atoms with E-state index in [9.17, 15) is 9.59 Å². The number of halogens is 1. The van der Waals surface area contributed by atoms with Crippen molar-refractivity contribution in [2.45, 2.75) is 31.0 Å². The topological polar surface area (TPSA) is 93.2 Å². The first-order valence-corrected chi connectivity index (χ1v) is 10.4. The molecule has 2 N–H and O–H groups in total. The number of carbonyl (C=O) groups excluding carboxylic acids is 2. The van der Waals surface area contributed by atoms with Crippen LogP contribution >= 0.6 is 23.4 Å². The van der Waals surface area contributed by atoms with Crippen molar-refractivity contribution in [1.29, 1.82) is 0 Å². The summed E-state index contributed by atoms with van der Waals surface area (Å²) in [4.78, 5) is 31.4. The highest BCUT2D eigenvalue weighted by molar-refractivity contribution is 7.98. The number of amides is 2. The van der Waals surface area contributed by atoms with Gasteiger partial charge in [0, 0.05) is 43.6 Å². The highest BCUT2D eigenvalue weighted by atomic mass is 35.5. The molecule has 1 aliphatic rings. The summed E-state index contributed by atoms with van der Waals surface area (Å²) in [5.74, 6) is 0.369. The van der Waals surface area contributed by atoms with Crippen LogP contribution in [0.1, 0.15) is 18.9 Å². The summed E-state index contributed by atoms with van der Waals surface area (Å²) in [5, 5.41) is 6.65. The second kappa shape index (κ2) is 9.25. The van der Waals surface area contributed by atoms with Crippen LogP contribution in [0.3, 0.4) is 0 Å². The maximum absolute atomic E-state index is 11.9. The third-order valence-electron chi connectivity index (χ3n) is 4.22. The van der Waals surface area contributed by atoms with E-state index in [-0.39, 0.29) is 24.3 Å². The number of aromatic nitrogens is 2. The Bertz CT molecular complexity index is 893. The van der Waals surface area contributed by atoms with Gasteiger partial charge in [-0.3, -0.25) is 9.59 Å². The smallest absolute Gasteiger partial charge is 0.221 e. The zero-order chi connectivity index (χ0) is 20.1. The van der Waals surface area contributed by atoms with Gasteiger partial charge in [0.2, 0.25) is 11.8 Å². The molecule has 1 aromatic carbocycles. The molecular formula is C19H21ClN4O3S. The number of rotatable bonds is 7. The van der Waals surface area contributed by atoms with Crippen LogP contribution in [0.2, 0.25) is 5.02 Å². The third-order valence-corrected chi connectivity index (χ3v) is 5.06. The number of ether oxygens (including phenoxy) is 1. The molecule has 0 saturated carbocycles. The Morgan fingerprint density at radius 2 is 2.18 bits per heavy atom. The molecule has 0 spiro atoms. The molecular weight excluding hydrogens is 400 g/mol. The van der Waals surface area contributed by atoms with E-state index in [1.807, 2.05) is 24.5 Å². The normalized spacial score (nSPS) is 14.9. The molecule has 1 unspecified atom stereocenters. The Hall–Kier alpha value is -2.32. The number of thioether (sulfide) groups is 1. The van der Waals surface area contributed by atoms with E-state index in [0.717, 1.165) is 16.8 Å². The molecule has 28 heavy (non-hydrogen) atoms. The standard InChI is InChI=1S/C19H21ClN4O3S/c1-11(25)21-6-4-17(26)23-10-14-8-13-7-12(9-15(20)18(13)27-14)16-3-5-22-19(24-16)28-2/h3,5,7,9,14H,4,6,8,10H2,1-2H3,(H,21,25)(H,23,26). The Morgan fingerprint density at radius 1 is 1.36 bits per heavy atom. The first-order valence-electron chi connectivity index (χ1n) is 8.84. The third kappa shape index (κ3) is 5.14. The van der Waals surface area contributed by atoms with Crippen molar-refractivity contribution < 1.29 is 14.3 Å². The number of nitrogens with zero attached hydrogens (tertiary/aromatic N) is 2. The number of hydrogen-bond donors (Lipinski definition) is 2. The molecule has 1 atom stereocenters. The molecule has 7 nitrogen and oxygen atoms in total. The number of hydrogen-bond acceptors (Lipinski definition) is 6. The average Bonchev–Trinajstić information content (AvgIpc) is 3.10. The lowest BCUT2D eigenvalue weighted by Gasteiger charge is -2.12. The fourth-order valence-corrected chi connectivity index (χ4v) is 3.56. The van der Waals surface area contributed by atoms with Crippen molar-refractivity contribution in [2.75, 3.05) is 19.3 Å². The van der Waals surface area contributed by atoms with Crippen LogP contribution in [-0.4, -0.2) is 47.2 Å². The van der Waals surface area contributed by atoms with Gasteiger partial charge in [-0.15, -0.1) is 0 Å². The minimum Gasteiger partial charge on any atom is -0.486 e. The van der Waals surface area contributed by atoms with Crippen LogP contribution in [0.15, 0.2) is 29.6 Å². The van der Waals surface area contributed by atoms with Gasteiger partial charge in [-0.05, 0) is 24.5 Å². The van der Waals surface area contributed by atoms with Crippen LogP contribution in [0.25, 0.3) is 11.3 Å². The van der Waals surface area contributed by atoms with E-state index in [1.165, 1.54) is 18.7 Å². The Morgan fingerprint density at radius 3 is 2.93 bits per heavy atom. The van der Waals surface area contributed by atoms with Crippen LogP contribution in [0, 0.1) is 0 Å². The minimum atomic E-state index is -0.181. The summed E-state index contributed by atoms with van der Waals surface area (Å²) in [6.07, 6.45) is 4.35. The lowest BCUT2D eigenvalue weighted by molar-refractivity contribution is -0.121. The molecule has 2 heterocycles. The van der Waals surface area contributed by atoms with E-state index in [0.29, 0.717) is 35.4 Å². The van der Waals surface area contributed by atoms with Gasteiger partial charge < -0.3 is 15.4 Å². The van der Waals surface area contributed by atoms with Gasteiger partial charge in [-0.1, -0.05) is 23.4 Å². The van der Waals surface area contributed by atoms with E-state index in [1.54, 1.807) is 6.20 Å². The molecule has 3 rings (SSSR count). The van der Waals surface area contributed by atoms with Crippen molar-refractivity contribution in [3.05, 3.63) is 35.0 Å². The second-order valence-corrected chi connectivity index (χ2v) is 7.54. The minimum absolute atomic E-state index is 0.134. The van der Waals surface area contributed by atoms with Crippen LogP contribution < -0.4 is 15.4 Å². The molecule has 2 aromatic rings. The van der Waals surface area contributed by atoms with E-state index >= 15 is 0 Å². The zero-order valence-electron chi connectivity index (χ0n) is 15.6. The van der Waals surface area contributed by atoms with Gasteiger partial charge in [0.1, 0.15) is 11.9 Å². The first kappa shape index (κ1) is 20.4. The summed E-state index contributed by atoms with van der Waals surface area (Å²) in [6.45, 7) is 2.12. The molecule has 2 amide bonds. The van der Waals surface area contributed by atoms with Crippen LogP contribution in [0.5, 0.6) is 5.75 Å². The Labute approximate surface area is 172 Å². The molecule has 0 aliphatic carbocycles. The molecule has 1 aromatic heterocycles. The molecule has 0 bridgehead atoms.